The van der Waals surface area contributed by atoms with Crippen molar-refractivity contribution in [2.24, 2.45) is 0 Å². The van der Waals surface area contributed by atoms with Crippen molar-refractivity contribution < 1.29 is 27.1 Å². The Morgan fingerprint density at radius 1 is 1.12 bits per heavy atom. The second-order valence-electron chi connectivity index (χ2n) is 5.47. The summed E-state index contributed by atoms with van der Waals surface area (Å²) in [6, 6.07) is 6.41. The normalized spacial score (nSPS) is 11.9. The number of benzene rings is 2. The molecule has 0 bridgehead atoms. The molecule has 1 N–H and O–H groups in total. The van der Waals surface area contributed by atoms with Crippen molar-refractivity contribution in [3.8, 4) is 16.9 Å². The van der Waals surface area contributed by atoms with Gasteiger partial charge in [-0.15, -0.1) is 0 Å². The molecule has 1 aromatic heterocycles. The number of phenols is 1. The molecule has 2 aromatic carbocycles. The second-order valence-corrected chi connectivity index (χ2v) is 5.47. The van der Waals surface area contributed by atoms with Gasteiger partial charge in [0, 0.05) is 6.07 Å². The molecule has 3 aromatic rings. The molecule has 0 aliphatic carbocycles. The molecule has 0 saturated heterocycles. The van der Waals surface area contributed by atoms with Gasteiger partial charge in [0.15, 0.2) is 0 Å². The minimum absolute atomic E-state index is 0.0815. The number of hydrogen-bond acceptors (Lipinski definition) is 3. The standard InChI is InChI=1S/C18H12F4O3/c1-2-9-7-12-14(8-13(9)23)25-17(18(20,21)22)15(16(12)24)10-3-5-11(19)6-4-10/h3-8,23H,2H2,1H3. The van der Waals surface area contributed by atoms with Gasteiger partial charge >= 0.3 is 6.18 Å². The van der Waals surface area contributed by atoms with Crippen LogP contribution in [0.15, 0.2) is 45.6 Å². The van der Waals surface area contributed by atoms with Gasteiger partial charge in [0.05, 0.1) is 10.9 Å². The van der Waals surface area contributed by atoms with Crippen LogP contribution in [-0.2, 0) is 12.6 Å². The molecule has 130 valence electrons. The molecule has 0 unspecified atom stereocenters. The molecule has 0 aliphatic heterocycles. The van der Waals surface area contributed by atoms with Crippen LogP contribution < -0.4 is 5.43 Å². The molecule has 25 heavy (non-hydrogen) atoms. The maximum Gasteiger partial charge on any atom is 0.450 e. The van der Waals surface area contributed by atoms with E-state index in [0.717, 1.165) is 30.3 Å². The van der Waals surface area contributed by atoms with Gasteiger partial charge in [0.1, 0.15) is 17.1 Å². The maximum absolute atomic E-state index is 13.4. The highest BCUT2D eigenvalue weighted by Crippen LogP contribution is 2.38. The lowest BCUT2D eigenvalue weighted by Crippen LogP contribution is -2.16. The van der Waals surface area contributed by atoms with Crippen LogP contribution >= 0.6 is 0 Å². The van der Waals surface area contributed by atoms with E-state index in [2.05, 4.69) is 0 Å². The van der Waals surface area contributed by atoms with Crippen LogP contribution in [0.4, 0.5) is 17.6 Å². The highest BCUT2D eigenvalue weighted by atomic mass is 19.4. The Morgan fingerprint density at radius 2 is 1.76 bits per heavy atom. The third-order valence-corrected chi connectivity index (χ3v) is 3.86. The number of aromatic hydroxyl groups is 1. The quantitative estimate of drug-likeness (QED) is 0.669. The third-order valence-electron chi connectivity index (χ3n) is 3.86. The van der Waals surface area contributed by atoms with Crippen LogP contribution in [0.3, 0.4) is 0 Å². The molecule has 0 saturated carbocycles. The summed E-state index contributed by atoms with van der Waals surface area (Å²) in [4.78, 5) is 12.7. The Balaban J connectivity index is 2.44. The van der Waals surface area contributed by atoms with Crippen molar-refractivity contribution in [1.29, 1.82) is 0 Å². The van der Waals surface area contributed by atoms with E-state index in [1.807, 2.05) is 0 Å². The van der Waals surface area contributed by atoms with Crippen LogP contribution in [0.1, 0.15) is 18.2 Å². The first-order chi connectivity index (χ1) is 11.7. The lowest BCUT2D eigenvalue weighted by atomic mass is 10.00. The van der Waals surface area contributed by atoms with Gasteiger partial charge in [-0.1, -0.05) is 19.1 Å². The van der Waals surface area contributed by atoms with Gasteiger partial charge < -0.3 is 9.52 Å². The van der Waals surface area contributed by atoms with Crippen LogP contribution in [0.25, 0.3) is 22.1 Å². The van der Waals surface area contributed by atoms with E-state index in [0.29, 0.717) is 12.0 Å². The van der Waals surface area contributed by atoms with E-state index in [1.165, 1.54) is 6.07 Å². The Labute approximate surface area is 139 Å². The van der Waals surface area contributed by atoms with E-state index in [4.69, 9.17) is 4.42 Å². The second kappa shape index (κ2) is 5.91. The van der Waals surface area contributed by atoms with E-state index >= 15 is 0 Å². The van der Waals surface area contributed by atoms with Gasteiger partial charge in [-0.3, -0.25) is 4.79 Å². The fourth-order valence-corrected chi connectivity index (χ4v) is 2.64. The molecule has 0 radical (unpaired) electrons. The Hall–Kier alpha value is -2.83. The zero-order valence-electron chi connectivity index (χ0n) is 12.9. The summed E-state index contributed by atoms with van der Waals surface area (Å²) in [5.74, 6) is -2.37. The summed E-state index contributed by atoms with van der Waals surface area (Å²) in [6.45, 7) is 1.73. The van der Waals surface area contributed by atoms with Gasteiger partial charge in [0.25, 0.3) is 0 Å². The Morgan fingerprint density at radius 3 is 2.32 bits per heavy atom. The number of fused-ring (bicyclic) bond motifs is 1. The Kier molecular flexibility index (Phi) is 4.02. The number of hydrogen-bond donors (Lipinski definition) is 1. The average Bonchev–Trinajstić information content (AvgIpc) is 2.54. The fraction of sp³-hybridized carbons (Fsp3) is 0.167. The lowest BCUT2D eigenvalue weighted by Gasteiger charge is -2.13. The average molecular weight is 352 g/mol. The smallest absolute Gasteiger partial charge is 0.450 e. The van der Waals surface area contributed by atoms with Crippen LogP contribution in [0, 0.1) is 5.82 Å². The zero-order chi connectivity index (χ0) is 18.4. The predicted molar refractivity (Wildman–Crippen MR) is 83.9 cm³/mol. The molecular formula is C18H12F4O3. The first-order valence-corrected chi connectivity index (χ1v) is 7.38. The number of phenolic OH excluding ortho intramolecular Hbond substituents is 1. The summed E-state index contributed by atoms with van der Waals surface area (Å²) in [6.07, 6.45) is -4.55. The summed E-state index contributed by atoms with van der Waals surface area (Å²) in [5, 5.41) is 9.74. The van der Waals surface area contributed by atoms with E-state index in [-0.39, 0.29) is 22.3 Å². The molecule has 7 heteroatoms. The largest absolute Gasteiger partial charge is 0.508 e. The molecule has 0 amide bonds. The zero-order valence-corrected chi connectivity index (χ0v) is 12.9. The molecule has 0 atom stereocenters. The van der Waals surface area contributed by atoms with E-state index < -0.39 is 28.7 Å². The van der Waals surface area contributed by atoms with Crippen LogP contribution in [0.5, 0.6) is 5.75 Å². The van der Waals surface area contributed by atoms with Crippen molar-refractivity contribution in [1.82, 2.24) is 0 Å². The van der Waals surface area contributed by atoms with Crippen molar-refractivity contribution >= 4 is 11.0 Å². The highest BCUT2D eigenvalue weighted by Gasteiger charge is 2.39. The number of halogens is 4. The first kappa shape index (κ1) is 17.0. The van der Waals surface area contributed by atoms with Crippen molar-refractivity contribution in [3.05, 3.63) is 63.8 Å². The minimum Gasteiger partial charge on any atom is -0.508 e. The van der Waals surface area contributed by atoms with Gasteiger partial charge in [-0.25, -0.2) is 4.39 Å². The molecule has 0 spiro atoms. The summed E-state index contributed by atoms with van der Waals surface area (Å²) >= 11 is 0. The van der Waals surface area contributed by atoms with Gasteiger partial charge in [0.2, 0.25) is 11.2 Å². The van der Waals surface area contributed by atoms with Gasteiger partial charge in [-0.2, -0.15) is 13.2 Å². The molecule has 3 rings (SSSR count). The highest BCUT2D eigenvalue weighted by molar-refractivity contribution is 5.85. The Bertz CT molecular complexity index is 1000. The van der Waals surface area contributed by atoms with E-state index in [1.54, 1.807) is 6.92 Å². The third kappa shape index (κ3) is 2.97. The summed E-state index contributed by atoms with van der Waals surface area (Å²) in [7, 11) is 0. The van der Waals surface area contributed by atoms with Crippen LogP contribution in [0.2, 0.25) is 0 Å². The van der Waals surface area contributed by atoms with Crippen molar-refractivity contribution in [2.45, 2.75) is 19.5 Å². The monoisotopic (exact) mass is 352 g/mol. The molecular weight excluding hydrogens is 340 g/mol. The van der Waals surface area contributed by atoms with Crippen molar-refractivity contribution in [3.63, 3.8) is 0 Å². The minimum atomic E-state index is -4.93. The molecule has 1 heterocycles. The summed E-state index contributed by atoms with van der Waals surface area (Å²) in [5.41, 5.74) is -1.64. The van der Waals surface area contributed by atoms with Crippen molar-refractivity contribution in [2.75, 3.05) is 0 Å². The van der Waals surface area contributed by atoms with Gasteiger partial charge in [-0.05, 0) is 35.7 Å². The maximum atomic E-state index is 13.4. The molecule has 3 nitrogen and oxygen atoms in total. The molecule has 0 aliphatic rings. The first-order valence-electron chi connectivity index (χ1n) is 7.38. The fourth-order valence-electron chi connectivity index (χ4n) is 2.64. The van der Waals surface area contributed by atoms with Crippen LogP contribution in [-0.4, -0.2) is 5.11 Å². The summed E-state index contributed by atoms with van der Waals surface area (Å²) < 4.78 is 58.2. The topological polar surface area (TPSA) is 50.4 Å². The lowest BCUT2D eigenvalue weighted by molar-refractivity contribution is -0.152. The number of alkyl halides is 3. The number of aryl methyl sites for hydroxylation is 1. The molecule has 0 fully saturated rings. The number of rotatable bonds is 2. The predicted octanol–water partition coefficient (Wildman–Crippen LogP) is 4.89. The SMILES string of the molecule is CCc1cc2c(=O)c(-c3ccc(F)cc3)c(C(F)(F)F)oc2cc1O. The van der Waals surface area contributed by atoms with E-state index in [9.17, 15) is 27.5 Å².